The van der Waals surface area contributed by atoms with Gasteiger partial charge in [0.05, 0.1) is 18.8 Å². The van der Waals surface area contributed by atoms with Crippen molar-refractivity contribution in [1.82, 2.24) is 0 Å². The molecule has 0 spiro atoms. The van der Waals surface area contributed by atoms with Gasteiger partial charge in [0.25, 0.3) is 0 Å². The monoisotopic (exact) mass is 486 g/mol. The lowest BCUT2D eigenvalue weighted by molar-refractivity contribution is -0.145. The van der Waals surface area contributed by atoms with Gasteiger partial charge in [0, 0.05) is 0 Å². The molecule has 4 aliphatic carbocycles. The molecule has 0 aromatic carbocycles. The van der Waals surface area contributed by atoms with Crippen LogP contribution in [0, 0.1) is 58.2 Å². The molecule has 0 radical (unpaired) electrons. The lowest BCUT2D eigenvalue weighted by Gasteiger charge is -2.61. The molecule has 0 bridgehead atoms. The Morgan fingerprint density at radius 3 is 2.40 bits per heavy atom. The number of hydrogen-bond acceptors (Lipinski definition) is 3. The Hall–Kier alpha value is -0.830. The van der Waals surface area contributed by atoms with E-state index in [0.717, 1.165) is 41.4 Å². The number of aliphatic hydroxyl groups is 1. The third-order valence-corrected chi connectivity index (χ3v) is 11.9. The lowest BCUT2D eigenvalue weighted by Crippen LogP contribution is -2.54. The molecule has 4 rings (SSSR count). The first-order valence-electron chi connectivity index (χ1n) is 15.1. The molecule has 4 saturated carbocycles. The number of hydrogen-bond donors (Lipinski definition) is 1. The zero-order valence-corrected chi connectivity index (χ0v) is 23.5. The van der Waals surface area contributed by atoms with Crippen molar-refractivity contribution in [2.24, 2.45) is 58.2 Å². The van der Waals surface area contributed by atoms with Crippen LogP contribution in [0.5, 0.6) is 0 Å². The predicted octanol–water partition coefficient (Wildman–Crippen LogP) is 7.82. The van der Waals surface area contributed by atoms with Crippen LogP contribution in [0.2, 0.25) is 0 Å². The summed E-state index contributed by atoms with van der Waals surface area (Å²) in [5.41, 5.74) is 1.21. The van der Waals surface area contributed by atoms with Crippen LogP contribution in [0.3, 0.4) is 0 Å². The summed E-state index contributed by atoms with van der Waals surface area (Å²) in [5, 5.41) is 9.13. The standard InChI is InChI=1S/C32H54O3/c1-21(2)8-7-9-22(3)27-12-13-28-26-11-10-25-18-24(20-35-30(34)23(4)19-33)14-16-31(25,5)29(26)15-17-32(27,28)6/h21-22,24-29,33H,4,7-20H2,1-3,5-6H3/t22-,24+,25+,26+,27?,28+,29+,31+,32-/m1/s1. The van der Waals surface area contributed by atoms with Crippen LogP contribution in [-0.2, 0) is 9.53 Å². The van der Waals surface area contributed by atoms with Gasteiger partial charge in [-0.05, 0) is 116 Å². The van der Waals surface area contributed by atoms with Gasteiger partial charge in [0.1, 0.15) is 0 Å². The number of fused-ring (bicyclic) bond motifs is 5. The summed E-state index contributed by atoms with van der Waals surface area (Å²) < 4.78 is 5.50. The summed E-state index contributed by atoms with van der Waals surface area (Å²) in [6.45, 7) is 16.4. The van der Waals surface area contributed by atoms with Gasteiger partial charge in [-0.3, -0.25) is 0 Å². The second kappa shape index (κ2) is 10.9. The normalized spacial score (nSPS) is 41.6. The fourth-order valence-electron chi connectivity index (χ4n) is 9.88. The molecule has 4 aliphatic rings. The van der Waals surface area contributed by atoms with Crippen molar-refractivity contribution in [2.75, 3.05) is 13.2 Å². The number of aliphatic hydroxyl groups excluding tert-OH is 1. The van der Waals surface area contributed by atoms with E-state index in [4.69, 9.17) is 9.84 Å². The summed E-state index contributed by atoms with van der Waals surface area (Å²) in [5.74, 6) is 6.25. The molecule has 0 aliphatic heterocycles. The summed E-state index contributed by atoms with van der Waals surface area (Å²) in [6, 6.07) is 0. The van der Waals surface area contributed by atoms with Crippen LogP contribution < -0.4 is 0 Å². The number of ether oxygens (including phenoxy) is 1. The van der Waals surface area contributed by atoms with Gasteiger partial charge in [-0.1, -0.05) is 60.5 Å². The lowest BCUT2D eigenvalue weighted by atomic mass is 9.44. The Bertz CT molecular complexity index is 758. The highest BCUT2D eigenvalue weighted by Gasteiger charge is 2.60. The maximum atomic E-state index is 12.0. The molecular weight excluding hydrogens is 432 g/mol. The molecule has 1 unspecified atom stereocenters. The number of esters is 1. The zero-order valence-electron chi connectivity index (χ0n) is 23.5. The number of rotatable bonds is 9. The molecule has 4 fully saturated rings. The Morgan fingerprint density at radius 1 is 0.971 bits per heavy atom. The van der Waals surface area contributed by atoms with E-state index in [1.54, 1.807) is 0 Å². The molecule has 0 aromatic rings. The Balaban J connectivity index is 1.37. The van der Waals surface area contributed by atoms with Crippen LogP contribution in [0.1, 0.15) is 112 Å². The van der Waals surface area contributed by atoms with Crippen molar-refractivity contribution in [3.05, 3.63) is 12.2 Å². The van der Waals surface area contributed by atoms with E-state index >= 15 is 0 Å². The molecule has 200 valence electrons. The first-order chi connectivity index (χ1) is 16.6. The van der Waals surface area contributed by atoms with Gasteiger partial charge < -0.3 is 9.84 Å². The molecule has 0 saturated heterocycles. The highest BCUT2D eigenvalue weighted by Crippen LogP contribution is 2.68. The molecule has 0 heterocycles. The van der Waals surface area contributed by atoms with Crippen LogP contribution in [-0.4, -0.2) is 24.3 Å². The summed E-state index contributed by atoms with van der Waals surface area (Å²) >= 11 is 0. The maximum Gasteiger partial charge on any atom is 0.335 e. The predicted molar refractivity (Wildman–Crippen MR) is 144 cm³/mol. The van der Waals surface area contributed by atoms with E-state index in [2.05, 4.69) is 41.2 Å². The number of carbonyl (C=O) groups excluding carboxylic acids is 1. The van der Waals surface area contributed by atoms with Crippen molar-refractivity contribution >= 4 is 5.97 Å². The smallest absolute Gasteiger partial charge is 0.335 e. The van der Waals surface area contributed by atoms with Crippen molar-refractivity contribution in [1.29, 1.82) is 0 Å². The molecule has 0 aromatic heterocycles. The van der Waals surface area contributed by atoms with Crippen molar-refractivity contribution in [3.8, 4) is 0 Å². The van der Waals surface area contributed by atoms with Gasteiger partial charge in [-0.15, -0.1) is 0 Å². The summed E-state index contributed by atoms with van der Waals surface area (Å²) in [6.07, 6.45) is 16.5. The van der Waals surface area contributed by atoms with E-state index in [-0.39, 0.29) is 12.2 Å². The van der Waals surface area contributed by atoms with E-state index in [1.807, 2.05) is 0 Å². The van der Waals surface area contributed by atoms with Gasteiger partial charge in [0.15, 0.2) is 0 Å². The molecule has 35 heavy (non-hydrogen) atoms. The van der Waals surface area contributed by atoms with Gasteiger partial charge in [0.2, 0.25) is 0 Å². The fraction of sp³-hybridized carbons (Fsp3) is 0.906. The topological polar surface area (TPSA) is 46.5 Å². The quantitative estimate of drug-likeness (QED) is 0.267. The highest BCUT2D eigenvalue weighted by molar-refractivity contribution is 5.87. The summed E-state index contributed by atoms with van der Waals surface area (Å²) in [7, 11) is 0. The van der Waals surface area contributed by atoms with Crippen molar-refractivity contribution in [2.45, 2.75) is 112 Å². The second-order valence-corrected chi connectivity index (χ2v) is 14.2. The highest BCUT2D eigenvalue weighted by atomic mass is 16.5. The van der Waals surface area contributed by atoms with E-state index in [0.29, 0.717) is 23.4 Å². The van der Waals surface area contributed by atoms with Crippen LogP contribution in [0.4, 0.5) is 0 Å². The Labute approximate surface area is 215 Å². The molecule has 3 nitrogen and oxygen atoms in total. The van der Waals surface area contributed by atoms with Gasteiger partial charge in [-0.25, -0.2) is 4.79 Å². The molecule has 9 atom stereocenters. The third kappa shape index (κ3) is 5.27. The maximum absolute atomic E-state index is 12.0. The second-order valence-electron chi connectivity index (χ2n) is 14.2. The fourth-order valence-corrected chi connectivity index (χ4v) is 9.88. The van der Waals surface area contributed by atoms with Crippen molar-refractivity contribution < 1.29 is 14.6 Å². The average molecular weight is 487 g/mol. The Kier molecular flexibility index (Phi) is 8.46. The first kappa shape index (κ1) is 27.2. The van der Waals surface area contributed by atoms with Gasteiger partial charge in [-0.2, -0.15) is 0 Å². The minimum Gasteiger partial charge on any atom is -0.462 e. The molecule has 1 N–H and O–H groups in total. The molecule has 3 heteroatoms. The first-order valence-corrected chi connectivity index (χ1v) is 15.1. The largest absolute Gasteiger partial charge is 0.462 e. The average Bonchev–Trinajstić information content (AvgIpc) is 3.18. The zero-order chi connectivity index (χ0) is 25.4. The van der Waals surface area contributed by atoms with E-state index < -0.39 is 5.97 Å². The molecule has 0 amide bonds. The van der Waals surface area contributed by atoms with Crippen molar-refractivity contribution in [3.63, 3.8) is 0 Å². The Morgan fingerprint density at radius 2 is 1.69 bits per heavy atom. The number of carbonyl (C=O) groups is 1. The third-order valence-electron chi connectivity index (χ3n) is 11.9. The van der Waals surface area contributed by atoms with Crippen LogP contribution in [0.15, 0.2) is 12.2 Å². The molecular formula is C32H54O3. The minimum absolute atomic E-state index is 0.167. The van der Waals surface area contributed by atoms with E-state index in [9.17, 15) is 4.79 Å². The SMILES string of the molecule is C=C(CO)C(=O)OC[C@H]1CC[C@@]2(C)[C@@H](CC[C@@H]3[C@@H]2CC[C@]2(C)C([C@H](C)CCCC(C)C)CC[C@@H]32)C1. The minimum atomic E-state index is -0.426. The van der Waals surface area contributed by atoms with Crippen LogP contribution in [0.25, 0.3) is 0 Å². The van der Waals surface area contributed by atoms with Crippen LogP contribution >= 0.6 is 0 Å². The summed E-state index contributed by atoms with van der Waals surface area (Å²) in [4.78, 5) is 12.0. The van der Waals surface area contributed by atoms with Gasteiger partial charge >= 0.3 is 5.97 Å². The van der Waals surface area contributed by atoms with E-state index in [1.165, 1.54) is 77.0 Å².